The van der Waals surface area contributed by atoms with Crippen molar-refractivity contribution >= 4 is 44.4 Å². The van der Waals surface area contributed by atoms with Gasteiger partial charge in [0, 0.05) is 20.1 Å². The first-order chi connectivity index (χ1) is 18.5. The highest BCUT2D eigenvalue weighted by Crippen LogP contribution is 2.43. The Balaban J connectivity index is 1.64. The molecule has 3 heterocycles. The number of fused-ring (bicyclic) bond motifs is 1. The highest BCUT2D eigenvalue weighted by atomic mass is 32.1. The van der Waals surface area contributed by atoms with Crippen molar-refractivity contribution < 1.29 is 26.9 Å². The summed E-state index contributed by atoms with van der Waals surface area (Å²) in [5, 5.41) is 21.3. The molecule has 1 fully saturated rings. The standard InChI is InChI=1S/C24H28F4N8O2S/c1-12(29)19(34-30-2)23(37)31-10-18-33-22(35-38-18)21-14(9-24(26,27)28)13-5-4-6-17(20(13)39-21)32-16-7-8-36(3)11-15(16)25/h4-6,15-16,29-30,32H,7-11H2,1-3H3,(H,31,37)/b29-12?,34-19+. The van der Waals surface area contributed by atoms with Gasteiger partial charge in [-0.05, 0) is 37.4 Å². The van der Waals surface area contributed by atoms with E-state index in [4.69, 9.17) is 9.93 Å². The van der Waals surface area contributed by atoms with Crippen molar-refractivity contribution in [3.8, 4) is 10.7 Å². The summed E-state index contributed by atoms with van der Waals surface area (Å²) < 4.78 is 61.3. The minimum Gasteiger partial charge on any atom is -0.378 e. The number of anilines is 1. The van der Waals surface area contributed by atoms with E-state index in [1.807, 2.05) is 11.9 Å². The molecule has 0 bridgehead atoms. The quantitative estimate of drug-likeness (QED) is 0.176. The molecule has 10 nitrogen and oxygen atoms in total. The summed E-state index contributed by atoms with van der Waals surface area (Å²) in [4.78, 5) is 18.6. The summed E-state index contributed by atoms with van der Waals surface area (Å²) in [6.45, 7) is 2.15. The number of amides is 1. The van der Waals surface area contributed by atoms with E-state index in [1.165, 1.54) is 14.0 Å². The van der Waals surface area contributed by atoms with Gasteiger partial charge in [-0.2, -0.15) is 23.3 Å². The zero-order chi connectivity index (χ0) is 28.3. The fourth-order valence-electron chi connectivity index (χ4n) is 4.33. The monoisotopic (exact) mass is 568 g/mol. The first-order valence-corrected chi connectivity index (χ1v) is 12.9. The second-order valence-electron chi connectivity index (χ2n) is 9.21. The van der Waals surface area contributed by atoms with Crippen LogP contribution in [0.2, 0.25) is 0 Å². The lowest BCUT2D eigenvalue weighted by atomic mass is 10.0. The number of nitrogens with zero attached hydrogens (tertiary/aromatic N) is 4. The van der Waals surface area contributed by atoms with Crippen molar-refractivity contribution in [2.24, 2.45) is 5.10 Å². The molecule has 1 saturated heterocycles. The largest absolute Gasteiger partial charge is 0.393 e. The number of aromatic nitrogens is 2. The SMILES string of the molecule is CN/N=C(\C(C)=N)C(=O)NCc1nc(-c2sc3c(NC4CCN(C)CC4F)cccc3c2CC(F)(F)F)no1. The van der Waals surface area contributed by atoms with Crippen LogP contribution in [-0.2, 0) is 17.8 Å². The first kappa shape index (κ1) is 28.4. The van der Waals surface area contributed by atoms with E-state index in [0.29, 0.717) is 28.7 Å². The van der Waals surface area contributed by atoms with Crippen molar-refractivity contribution in [2.45, 2.75) is 44.7 Å². The van der Waals surface area contributed by atoms with Crippen LogP contribution in [0.15, 0.2) is 27.8 Å². The number of alkyl halides is 4. The number of halogens is 4. The van der Waals surface area contributed by atoms with Crippen LogP contribution in [0.25, 0.3) is 20.8 Å². The number of likely N-dealkylation sites (tertiary alicyclic amines) is 1. The third-order valence-electron chi connectivity index (χ3n) is 6.15. The fraction of sp³-hybridized carbons (Fsp3) is 0.458. The predicted octanol–water partition coefficient (Wildman–Crippen LogP) is 3.74. The molecule has 1 aromatic carbocycles. The molecule has 4 N–H and O–H groups in total. The maximum absolute atomic E-state index is 14.7. The van der Waals surface area contributed by atoms with Crippen molar-refractivity contribution in [2.75, 3.05) is 32.5 Å². The van der Waals surface area contributed by atoms with E-state index in [-0.39, 0.29) is 46.7 Å². The Kier molecular flexibility index (Phi) is 8.49. The number of hydrazone groups is 1. The molecule has 0 radical (unpaired) electrons. The summed E-state index contributed by atoms with van der Waals surface area (Å²) in [6, 6.07) is 4.48. The van der Waals surface area contributed by atoms with Gasteiger partial charge in [-0.1, -0.05) is 17.3 Å². The normalized spacial score (nSPS) is 18.8. The highest BCUT2D eigenvalue weighted by molar-refractivity contribution is 7.23. The Morgan fingerprint density at radius 1 is 1.36 bits per heavy atom. The maximum atomic E-state index is 14.7. The predicted molar refractivity (Wildman–Crippen MR) is 141 cm³/mol. The summed E-state index contributed by atoms with van der Waals surface area (Å²) in [5.41, 5.74) is 2.76. The summed E-state index contributed by atoms with van der Waals surface area (Å²) in [6.07, 6.45) is -6.29. The van der Waals surface area contributed by atoms with Gasteiger partial charge < -0.3 is 30.9 Å². The minimum atomic E-state index is -4.50. The van der Waals surface area contributed by atoms with Crippen molar-refractivity contribution in [1.82, 2.24) is 25.8 Å². The van der Waals surface area contributed by atoms with Gasteiger partial charge in [0.1, 0.15) is 6.17 Å². The van der Waals surface area contributed by atoms with Gasteiger partial charge in [0.25, 0.3) is 5.91 Å². The molecule has 2 unspecified atom stereocenters. The van der Waals surface area contributed by atoms with Gasteiger partial charge in [0.15, 0.2) is 5.71 Å². The molecule has 4 rings (SSSR count). The molecule has 1 amide bonds. The van der Waals surface area contributed by atoms with Crippen LogP contribution in [0.5, 0.6) is 0 Å². The molecule has 0 saturated carbocycles. The molecule has 15 heteroatoms. The van der Waals surface area contributed by atoms with E-state index in [1.54, 1.807) is 18.2 Å². The van der Waals surface area contributed by atoms with E-state index >= 15 is 0 Å². The molecule has 1 aliphatic rings. The number of hydrogen-bond donors (Lipinski definition) is 4. The van der Waals surface area contributed by atoms with Gasteiger partial charge in [-0.25, -0.2) is 4.39 Å². The van der Waals surface area contributed by atoms with Crippen LogP contribution in [0.3, 0.4) is 0 Å². The molecule has 2 atom stereocenters. The lowest BCUT2D eigenvalue weighted by Crippen LogP contribution is -2.46. The van der Waals surface area contributed by atoms with E-state index in [2.05, 4.69) is 31.3 Å². The Morgan fingerprint density at radius 2 is 2.13 bits per heavy atom. The molecule has 39 heavy (non-hydrogen) atoms. The van der Waals surface area contributed by atoms with Gasteiger partial charge in [-0.15, -0.1) is 11.3 Å². The van der Waals surface area contributed by atoms with Crippen molar-refractivity contribution in [3.63, 3.8) is 0 Å². The van der Waals surface area contributed by atoms with Gasteiger partial charge >= 0.3 is 6.18 Å². The van der Waals surface area contributed by atoms with Gasteiger partial charge in [-0.3, -0.25) is 4.79 Å². The molecular formula is C24H28F4N8O2S. The molecule has 3 aromatic rings. The second kappa shape index (κ2) is 11.7. The van der Waals surface area contributed by atoms with Crippen LogP contribution in [0.4, 0.5) is 23.2 Å². The number of benzene rings is 1. The lowest BCUT2D eigenvalue weighted by Gasteiger charge is -2.33. The van der Waals surface area contributed by atoms with Crippen LogP contribution in [-0.4, -0.2) is 77.9 Å². The summed E-state index contributed by atoms with van der Waals surface area (Å²) in [7, 11) is 3.32. The zero-order valence-electron chi connectivity index (χ0n) is 21.4. The van der Waals surface area contributed by atoms with Crippen LogP contribution in [0.1, 0.15) is 24.8 Å². The van der Waals surface area contributed by atoms with Gasteiger partial charge in [0.2, 0.25) is 11.7 Å². The number of rotatable bonds is 9. The van der Waals surface area contributed by atoms with Gasteiger partial charge in [0.05, 0.1) is 40.0 Å². The van der Waals surface area contributed by atoms with E-state index in [0.717, 1.165) is 11.3 Å². The van der Waals surface area contributed by atoms with Crippen molar-refractivity contribution in [3.05, 3.63) is 29.7 Å². The number of piperidine rings is 1. The molecule has 0 spiro atoms. The Morgan fingerprint density at radius 3 is 2.79 bits per heavy atom. The summed E-state index contributed by atoms with van der Waals surface area (Å²) >= 11 is 1.06. The number of nitrogens with one attached hydrogen (secondary N) is 4. The zero-order valence-corrected chi connectivity index (χ0v) is 22.3. The van der Waals surface area contributed by atoms with Crippen LogP contribution in [0, 0.1) is 5.41 Å². The summed E-state index contributed by atoms with van der Waals surface area (Å²) in [5.74, 6) is -0.752. The number of hydrogen-bond acceptors (Lipinski definition) is 10. The average Bonchev–Trinajstić information content (AvgIpc) is 3.47. The topological polar surface area (TPSA) is 132 Å². The first-order valence-electron chi connectivity index (χ1n) is 12.1. The average molecular weight is 569 g/mol. The minimum absolute atomic E-state index is 0.00872. The van der Waals surface area contributed by atoms with Crippen molar-refractivity contribution in [1.29, 1.82) is 5.41 Å². The second-order valence-corrected chi connectivity index (χ2v) is 10.2. The Hall–Kier alpha value is -3.59. The number of carbonyl (C=O) groups is 1. The van der Waals surface area contributed by atoms with Crippen LogP contribution >= 0.6 is 11.3 Å². The smallest absolute Gasteiger partial charge is 0.378 e. The fourth-order valence-corrected chi connectivity index (χ4v) is 5.56. The Bertz CT molecular complexity index is 1390. The van der Waals surface area contributed by atoms with E-state index < -0.39 is 30.7 Å². The lowest BCUT2D eigenvalue weighted by molar-refractivity contribution is -0.126. The van der Waals surface area contributed by atoms with Crippen LogP contribution < -0.4 is 16.1 Å². The number of thiophene rings is 1. The Labute approximate surface area is 225 Å². The molecule has 1 aliphatic heterocycles. The molecule has 0 aliphatic carbocycles. The highest BCUT2D eigenvalue weighted by Gasteiger charge is 2.33. The molecule has 210 valence electrons. The molecular weight excluding hydrogens is 540 g/mol. The maximum Gasteiger partial charge on any atom is 0.393 e. The molecule has 2 aromatic heterocycles. The third kappa shape index (κ3) is 6.71. The third-order valence-corrected chi connectivity index (χ3v) is 7.42. The van der Waals surface area contributed by atoms with E-state index in [9.17, 15) is 22.4 Å². The number of carbonyl (C=O) groups excluding carboxylic acids is 1.